The molecule has 168 valence electrons. The lowest BCUT2D eigenvalue weighted by Gasteiger charge is -2.32. The van der Waals surface area contributed by atoms with Gasteiger partial charge in [0.25, 0.3) is 0 Å². The van der Waals surface area contributed by atoms with E-state index >= 15 is 0 Å². The smallest absolute Gasteiger partial charge is 0.224 e. The number of carbonyl (C=O) groups is 1. The van der Waals surface area contributed by atoms with Crippen LogP contribution in [0.25, 0.3) is 0 Å². The second kappa shape index (κ2) is 10.2. The zero-order valence-corrected chi connectivity index (χ0v) is 19.8. The minimum absolute atomic E-state index is 0.141. The number of nitrogens with one attached hydrogen (secondary N) is 1. The van der Waals surface area contributed by atoms with Crippen molar-refractivity contribution in [1.29, 1.82) is 0 Å². The first-order valence-electron chi connectivity index (χ1n) is 10.1. The number of nitrogens with zero attached hydrogens (tertiary/aromatic N) is 1. The molecule has 2 aromatic rings. The van der Waals surface area contributed by atoms with Gasteiger partial charge in [-0.3, -0.25) is 4.79 Å². The summed E-state index contributed by atoms with van der Waals surface area (Å²) in [6, 6.07) is 12.1. The molecule has 0 bridgehead atoms. The molecule has 2 aromatic carbocycles. The van der Waals surface area contributed by atoms with Crippen molar-refractivity contribution in [3.8, 4) is 5.75 Å². The quantitative estimate of drug-likeness (QED) is 0.630. The number of rotatable bonds is 7. The zero-order chi connectivity index (χ0) is 22.6. The number of halogens is 2. The molecule has 2 atom stereocenters. The molecule has 0 unspecified atom stereocenters. The van der Waals surface area contributed by atoms with E-state index in [1.807, 2.05) is 31.2 Å². The lowest BCUT2D eigenvalue weighted by atomic mass is 9.98. The van der Waals surface area contributed by atoms with Gasteiger partial charge in [-0.15, -0.1) is 0 Å². The molecule has 0 radical (unpaired) electrons. The molecule has 1 aliphatic rings. The van der Waals surface area contributed by atoms with Crippen LogP contribution in [-0.4, -0.2) is 38.8 Å². The van der Waals surface area contributed by atoms with Crippen molar-refractivity contribution in [3.05, 3.63) is 63.6 Å². The van der Waals surface area contributed by atoms with Crippen LogP contribution < -0.4 is 10.1 Å². The van der Waals surface area contributed by atoms with Gasteiger partial charge in [-0.2, -0.15) is 0 Å². The van der Waals surface area contributed by atoms with Crippen LogP contribution in [0.2, 0.25) is 10.0 Å². The Morgan fingerprint density at radius 1 is 1.19 bits per heavy atom. The SMILES string of the molecule is COc1ccc([C@H](C)NC(=O)[C@@H]2CCCN(S(=O)(=O)Cc3ccc(Cl)c(Cl)c3)C2)cc1. The molecule has 1 amide bonds. The Morgan fingerprint density at radius 3 is 2.55 bits per heavy atom. The van der Waals surface area contributed by atoms with Gasteiger partial charge in [-0.05, 0) is 55.2 Å². The maximum atomic E-state index is 12.9. The first-order chi connectivity index (χ1) is 14.7. The third-order valence-corrected chi connectivity index (χ3v) is 8.01. The second-order valence-electron chi connectivity index (χ2n) is 7.71. The van der Waals surface area contributed by atoms with Crippen molar-refractivity contribution in [2.24, 2.45) is 5.92 Å². The normalized spacial score (nSPS) is 18.4. The lowest BCUT2D eigenvalue weighted by Crippen LogP contribution is -2.46. The highest BCUT2D eigenvalue weighted by Crippen LogP contribution is 2.26. The van der Waals surface area contributed by atoms with Crippen molar-refractivity contribution in [1.82, 2.24) is 9.62 Å². The highest BCUT2D eigenvalue weighted by atomic mass is 35.5. The first kappa shape index (κ1) is 23.9. The van der Waals surface area contributed by atoms with Gasteiger partial charge in [0.15, 0.2) is 0 Å². The average molecular weight is 485 g/mol. The number of amides is 1. The summed E-state index contributed by atoms with van der Waals surface area (Å²) in [5.74, 6) is 0.0358. The van der Waals surface area contributed by atoms with Crippen LogP contribution in [0.15, 0.2) is 42.5 Å². The minimum atomic E-state index is -3.58. The van der Waals surface area contributed by atoms with Gasteiger partial charge < -0.3 is 10.1 Å². The van der Waals surface area contributed by atoms with E-state index in [4.69, 9.17) is 27.9 Å². The van der Waals surface area contributed by atoms with Crippen LogP contribution in [0.5, 0.6) is 5.75 Å². The predicted octanol–water partition coefficient (Wildman–Crippen LogP) is 4.42. The number of piperidine rings is 1. The number of carbonyl (C=O) groups excluding carboxylic acids is 1. The Hall–Kier alpha value is -1.80. The molecule has 1 N–H and O–H groups in total. The largest absolute Gasteiger partial charge is 0.497 e. The van der Waals surface area contributed by atoms with Gasteiger partial charge in [0.05, 0.1) is 34.9 Å². The van der Waals surface area contributed by atoms with Crippen LogP contribution in [-0.2, 0) is 20.6 Å². The van der Waals surface area contributed by atoms with Crippen LogP contribution >= 0.6 is 23.2 Å². The Kier molecular flexibility index (Phi) is 7.86. The van der Waals surface area contributed by atoms with E-state index in [1.54, 1.807) is 25.3 Å². The van der Waals surface area contributed by atoms with E-state index in [0.717, 1.165) is 11.3 Å². The zero-order valence-electron chi connectivity index (χ0n) is 17.5. The first-order valence-corrected chi connectivity index (χ1v) is 12.4. The van der Waals surface area contributed by atoms with Crippen LogP contribution in [0.4, 0.5) is 0 Å². The van der Waals surface area contributed by atoms with E-state index in [-0.39, 0.29) is 24.2 Å². The molecular weight excluding hydrogens is 459 g/mol. The van der Waals surface area contributed by atoms with E-state index < -0.39 is 15.9 Å². The topological polar surface area (TPSA) is 75.7 Å². The molecule has 0 spiro atoms. The summed E-state index contributed by atoms with van der Waals surface area (Å²) in [6.07, 6.45) is 1.29. The predicted molar refractivity (Wildman–Crippen MR) is 123 cm³/mol. The standard InChI is InChI=1S/C22H26Cl2N2O4S/c1-15(17-6-8-19(30-2)9-7-17)25-22(27)18-4-3-11-26(13-18)31(28,29)14-16-5-10-20(23)21(24)12-16/h5-10,12,15,18H,3-4,11,13-14H2,1-2H3,(H,25,27)/t15-,18+/m0/s1. The summed E-state index contributed by atoms with van der Waals surface area (Å²) in [5, 5.41) is 3.70. The summed E-state index contributed by atoms with van der Waals surface area (Å²) in [5.41, 5.74) is 1.52. The highest BCUT2D eigenvalue weighted by molar-refractivity contribution is 7.88. The van der Waals surface area contributed by atoms with Crippen LogP contribution in [0, 0.1) is 5.92 Å². The fraction of sp³-hybridized carbons (Fsp3) is 0.409. The maximum Gasteiger partial charge on any atom is 0.224 e. The maximum absolute atomic E-state index is 12.9. The summed E-state index contributed by atoms with van der Waals surface area (Å²) in [6.45, 7) is 2.48. The van der Waals surface area contributed by atoms with E-state index in [1.165, 1.54) is 4.31 Å². The molecule has 6 nitrogen and oxygen atoms in total. The third-order valence-electron chi connectivity index (χ3n) is 5.46. The van der Waals surface area contributed by atoms with E-state index in [2.05, 4.69) is 5.32 Å². The third kappa shape index (κ3) is 6.13. The number of sulfonamides is 1. The molecule has 1 aliphatic heterocycles. The van der Waals surface area contributed by atoms with Crippen molar-refractivity contribution in [3.63, 3.8) is 0 Å². The van der Waals surface area contributed by atoms with Gasteiger partial charge in [0.1, 0.15) is 5.75 Å². The Labute approximate surface area is 193 Å². The summed E-state index contributed by atoms with van der Waals surface area (Å²) < 4.78 is 32.4. The van der Waals surface area contributed by atoms with Gasteiger partial charge in [0, 0.05) is 13.1 Å². The minimum Gasteiger partial charge on any atom is -0.497 e. The Balaban J connectivity index is 1.62. The number of hydrogen-bond acceptors (Lipinski definition) is 4. The lowest BCUT2D eigenvalue weighted by molar-refractivity contribution is -0.126. The summed E-state index contributed by atoms with van der Waals surface area (Å²) >= 11 is 11.9. The van der Waals surface area contributed by atoms with E-state index in [0.29, 0.717) is 35.0 Å². The van der Waals surface area contributed by atoms with Crippen molar-refractivity contribution < 1.29 is 17.9 Å². The van der Waals surface area contributed by atoms with Crippen molar-refractivity contribution in [2.45, 2.75) is 31.6 Å². The molecule has 1 saturated heterocycles. The average Bonchev–Trinajstić information content (AvgIpc) is 2.76. The molecule has 0 saturated carbocycles. The second-order valence-corrected chi connectivity index (χ2v) is 10.5. The summed E-state index contributed by atoms with van der Waals surface area (Å²) in [7, 11) is -1.98. The van der Waals surface area contributed by atoms with Crippen molar-refractivity contribution >= 4 is 39.1 Å². The number of hydrogen-bond donors (Lipinski definition) is 1. The molecule has 1 heterocycles. The molecular formula is C22H26Cl2N2O4S. The van der Waals surface area contributed by atoms with Crippen LogP contribution in [0.1, 0.15) is 36.9 Å². The van der Waals surface area contributed by atoms with Gasteiger partial charge in [-0.25, -0.2) is 12.7 Å². The Bertz CT molecular complexity index is 1030. The molecule has 31 heavy (non-hydrogen) atoms. The number of ether oxygens (including phenoxy) is 1. The van der Waals surface area contributed by atoms with Crippen molar-refractivity contribution in [2.75, 3.05) is 20.2 Å². The van der Waals surface area contributed by atoms with Gasteiger partial charge in [-0.1, -0.05) is 41.4 Å². The fourth-order valence-electron chi connectivity index (χ4n) is 3.65. The van der Waals surface area contributed by atoms with Gasteiger partial charge >= 0.3 is 0 Å². The molecule has 9 heteroatoms. The number of benzene rings is 2. The monoisotopic (exact) mass is 484 g/mol. The fourth-order valence-corrected chi connectivity index (χ4v) is 5.57. The molecule has 0 aliphatic carbocycles. The molecule has 1 fully saturated rings. The van der Waals surface area contributed by atoms with Crippen LogP contribution in [0.3, 0.4) is 0 Å². The van der Waals surface area contributed by atoms with E-state index in [9.17, 15) is 13.2 Å². The van der Waals surface area contributed by atoms with Gasteiger partial charge in [0.2, 0.25) is 15.9 Å². The molecule has 3 rings (SSSR count). The summed E-state index contributed by atoms with van der Waals surface area (Å²) in [4.78, 5) is 12.8. The molecule has 0 aromatic heterocycles. The number of methoxy groups -OCH3 is 1. The highest BCUT2D eigenvalue weighted by Gasteiger charge is 2.33. The Morgan fingerprint density at radius 2 is 1.90 bits per heavy atom.